The van der Waals surface area contributed by atoms with E-state index in [0.717, 1.165) is 12.8 Å². The van der Waals surface area contributed by atoms with Crippen LogP contribution in [-0.2, 0) is 6.18 Å². The van der Waals surface area contributed by atoms with Crippen molar-refractivity contribution in [1.82, 2.24) is 9.97 Å². The zero-order chi connectivity index (χ0) is 18.7. The Hall–Kier alpha value is -2.91. The molecule has 0 saturated heterocycles. The first-order valence-corrected chi connectivity index (χ1v) is 7.95. The van der Waals surface area contributed by atoms with Gasteiger partial charge in [-0.25, -0.2) is 4.98 Å². The van der Waals surface area contributed by atoms with Gasteiger partial charge in [-0.15, -0.1) is 0 Å². The summed E-state index contributed by atoms with van der Waals surface area (Å²) >= 11 is 0. The Labute approximate surface area is 146 Å². The van der Waals surface area contributed by atoms with E-state index in [-0.39, 0.29) is 23.4 Å². The number of aromatic nitrogens is 2. The first-order valence-electron chi connectivity index (χ1n) is 7.95. The Morgan fingerprint density at radius 1 is 1.27 bits per heavy atom. The van der Waals surface area contributed by atoms with E-state index in [0.29, 0.717) is 19.0 Å². The normalized spacial score (nSPS) is 15.0. The quantitative estimate of drug-likeness (QED) is 0.619. The molecular formula is C16H15F3N4O3. The molecule has 1 aromatic heterocycles. The Morgan fingerprint density at radius 3 is 2.65 bits per heavy atom. The van der Waals surface area contributed by atoms with Gasteiger partial charge in [-0.1, -0.05) is 6.07 Å². The van der Waals surface area contributed by atoms with Gasteiger partial charge in [0.15, 0.2) is 0 Å². The summed E-state index contributed by atoms with van der Waals surface area (Å²) in [7, 11) is 0. The van der Waals surface area contributed by atoms with Crippen LogP contribution in [0.1, 0.15) is 31.2 Å². The number of halogens is 3. The number of nitro benzene ring substituents is 1. The van der Waals surface area contributed by atoms with Gasteiger partial charge in [0, 0.05) is 24.0 Å². The second-order valence-electron chi connectivity index (χ2n) is 5.87. The van der Waals surface area contributed by atoms with Crippen LogP contribution >= 0.6 is 0 Å². The molecule has 0 unspecified atom stereocenters. The van der Waals surface area contributed by atoms with Crippen LogP contribution in [0.4, 0.5) is 30.5 Å². The summed E-state index contributed by atoms with van der Waals surface area (Å²) in [6, 6.07) is 5.50. The highest BCUT2D eigenvalue weighted by atomic mass is 19.4. The average molecular weight is 368 g/mol. The van der Waals surface area contributed by atoms with E-state index < -0.39 is 22.5 Å². The molecule has 0 spiro atoms. The zero-order valence-corrected chi connectivity index (χ0v) is 13.5. The van der Waals surface area contributed by atoms with Crippen molar-refractivity contribution >= 4 is 17.3 Å². The van der Waals surface area contributed by atoms with Crippen molar-refractivity contribution in [2.24, 2.45) is 0 Å². The predicted octanol–water partition coefficient (Wildman–Crippen LogP) is 4.47. The average Bonchev–Trinajstić information content (AvgIpc) is 3.07. The minimum absolute atomic E-state index is 0.133. The first kappa shape index (κ1) is 17.9. The van der Waals surface area contributed by atoms with Crippen molar-refractivity contribution < 1.29 is 22.8 Å². The molecule has 1 aliphatic carbocycles. The SMILES string of the molecule is O=[N+]([O-])c1cccc(Nc2ncc(C(F)(F)F)c(OC3CCCC3)n2)c1. The molecule has 138 valence electrons. The number of ether oxygens (including phenoxy) is 1. The highest BCUT2D eigenvalue weighted by Gasteiger charge is 2.37. The number of hydrogen-bond acceptors (Lipinski definition) is 6. The maximum absolute atomic E-state index is 13.2. The van der Waals surface area contributed by atoms with Gasteiger partial charge < -0.3 is 10.1 Å². The lowest BCUT2D eigenvalue weighted by atomic mass is 10.3. The predicted molar refractivity (Wildman–Crippen MR) is 86.3 cm³/mol. The Balaban J connectivity index is 1.88. The number of nitro groups is 1. The van der Waals surface area contributed by atoms with Crippen molar-refractivity contribution in [2.75, 3.05) is 5.32 Å². The van der Waals surface area contributed by atoms with E-state index in [1.54, 1.807) is 0 Å². The standard InChI is InChI=1S/C16H15F3N4O3/c17-16(18,19)13-9-20-15(22-14(13)26-12-6-1-2-7-12)21-10-4-3-5-11(8-10)23(24)25/h3-5,8-9,12H,1-2,6-7H2,(H,20,21,22). The number of nitrogens with one attached hydrogen (secondary N) is 1. The number of nitrogens with zero attached hydrogens (tertiary/aromatic N) is 3. The smallest absolute Gasteiger partial charge is 0.423 e. The van der Waals surface area contributed by atoms with Crippen molar-refractivity contribution in [1.29, 1.82) is 0 Å². The lowest BCUT2D eigenvalue weighted by Crippen LogP contribution is -2.18. The molecule has 1 N–H and O–H groups in total. The summed E-state index contributed by atoms with van der Waals surface area (Å²) in [4.78, 5) is 17.7. The number of rotatable bonds is 5. The van der Waals surface area contributed by atoms with Crippen molar-refractivity contribution in [3.05, 3.63) is 46.1 Å². The molecule has 3 rings (SSSR count). The lowest BCUT2D eigenvalue weighted by molar-refractivity contribution is -0.384. The number of benzene rings is 1. The Kier molecular flexibility index (Phi) is 4.92. The monoisotopic (exact) mass is 368 g/mol. The van der Waals surface area contributed by atoms with Gasteiger partial charge in [0.25, 0.3) is 5.69 Å². The molecule has 0 radical (unpaired) electrons. The van der Waals surface area contributed by atoms with Crippen LogP contribution in [0.15, 0.2) is 30.5 Å². The number of alkyl halides is 3. The van der Waals surface area contributed by atoms with Gasteiger partial charge in [0.2, 0.25) is 11.8 Å². The zero-order valence-electron chi connectivity index (χ0n) is 13.5. The van der Waals surface area contributed by atoms with Gasteiger partial charge in [-0.3, -0.25) is 10.1 Å². The van der Waals surface area contributed by atoms with Crippen LogP contribution in [0.2, 0.25) is 0 Å². The van der Waals surface area contributed by atoms with E-state index in [1.807, 2.05) is 0 Å². The van der Waals surface area contributed by atoms with Crippen LogP contribution in [-0.4, -0.2) is 21.0 Å². The number of hydrogen-bond donors (Lipinski definition) is 1. The third-order valence-electron chi connectivity index (χ3n) is 3.95. The van der Waals surface area contributed by atoms with Crippen LogP contribution in [0, 0.1) is 10.1 Å². The first-order chi connectivity index (χ1) is 12.3. The third-order valence-corrected chi connectivity index (χ3v) is 3.95. The van der Waals surface area contributed by atoms with E-state index in [1.165, 1.54) is 24.3 Å². The molecule has 1 aliphatic rings. The molecule has 1 saturated carbocycles. The lowest BCUT2D eigenvalue weighted by Gasteiger charge is -2.17. The molecule has 1 aromatic carbocycles. The molecule has 1 heterocycles. The fourth-order valence-corrected chi connectivity index (χ4v) is 2.70. The maximum Gasteiger partial charge on any atom is 0.423 e. The van der Waals surface area contributed by atoms with E-state index in [4.69, 9.17) is 4.74 Å². The van der Waals surface area contributed by atoms with Crippen LogP contribution in [0.5, 0.6) is 5.88 Å². The molecule has 0 aliphatic heterocycles. The molecule has 7 nitrogen and oxygen atoms in total. The Morgan fingerprint density at radius 2 is 2.00 bits per heavy atom. The molecule has 26 heavy (non-hydrogen) atoms. The molecular weight excluding hydrogens is 353 g/mol. The fourth-order valence-electron chi connectivity index (χ4n) is 2.70. The highest BCUT2D eigenvalue weighted by molar-refractivity contribution is 5.58. The van der Waals surface area contributed by atoms with Crippen LogP contribution in [0.25, 0.3) is 0 Å². The molecule has 10 heteroatoms. The number of anilines is 2. The molecule has 0 amide bonds. The minimum Gasteiger partial charge on any atom is -0.474 e. The fraction of sp³-hybridized carbons (Fsp3) is 0.375. The maximum atomic E-state index is 13.2. The summed E-state index contributed by atoms with van der Waals surface area (Å²) in [6.07, 6.45) is -1.15. The molecule has 0 atom stereocenters. The van der Waals surface area contributed by atoms with E-state index >= 15 is 0 Å². The second-order valence-corrected chi connectivity index (χ2v) is 5.87. The highest BCUT2D eigenvalue weighted by Crippen LogP contribution is 2.37. The molecule has 0 bridgehead atoms. The second kappa shape index (κ2) is 7.14. The van der Waals surface area contributed by atoms with Gasteiger partial charge >= 0.3 is 6.18 Å². The van der Waals surface area contributed by atoms with E-state index in [2.05, 4.69) is 15.3 Å². The summed E-state index contributed by atoms with van der Waals surface area (Å²) in [5.41, 5.74) is -0.927. The topological polar surface area (TPSA) is 90.2 Å². The Bertz CT molecular complexity index is 808. The number of non-ortho nitro benzene ring substituents is 1. The van der Waals surface area contributed by atoms with Crippen molar-refractivity contribution in [2.45, 2.75) is 38.0 Å². The van der Waals surface area contributed by atoms with Gasteiger partial charge in [-0.05, 0) is 31.7 Å². The van der Waals surface area contributed by atoms with Crippen molar-refractivity contribution in [3.8, 4) is 5.88 Å². The third kappa shape index (κ3) is 4.19. The van der Waals surface area contributed by atoms with Crippen LogP contribution in [0.3, 0.4) is 0 Å². The summed E-state index contributed by atoms with van der Waals surface area (Å²) in [6.45, 7) is 0. The van der Waals surface area contributed by atoms with Crippen LogP contribution < -0.4 is 10.1 Å². The van der Waals surface area contributed by atoms with Gasteiger partial charge in [-0.2, -0.15) is 18.2 Å². The van der Waals surface area contributed by atoms with Gasteiger partial charge in [0.05, 0.1) is 4.92 Å². The van der Waals surface area contributed by atoms with Crippen molar-refractivity contribution in [3.63, 3.8) is 0 Å². The molecule has 1 fully saturated rings. The minimum atomic E-state index is -4.64. The van der Waals surface area contributed by atoms with Gasteiger partial charge in [0.1, 0.15) is 11.7 Å². The summed E-state index contributed by atoms with van der Waals surface area (Å²) < 4.78 is 45.0. The molecule has 2 aromatic rings. The summed E-state index contributed by atoms with van der Waals surface area (Å²) in [5, 5.41) is 13.5. The largest absolute Gasteiger partial charge is 0.474 e. The summed E-state index contributed by atoms with van der Waals surface area (Å²) in [5.74, 6) is -0.668. The van der Waals surface area contributed by atoms with E-state index in [9.17, 15) is 23.3 Å².